The van der Waals surface area contributed by atoms with Gasteiger partial charge in [0.05, 0.1) is 24.7 Å². The molecule has 3 rings (SSSR count). The van der Waals surface area contributed by atoms with Gasteiger partial charge >= 0.3 is 0 Å². The number of nitrogens with two attached hydrogens (primary N) is 1. The van der Waals surface area contributed by atoms with Crippen molar-refractivity contribution in [2.24, 2.45) is 12.9 Å². The Morgan fingerprint density at radius 2 is 2.40 bits per heavy atom. The molecule has 0 bridgehead atoms. The van der Waals surface area contributed by atoms with Crippen LogP contribution in [0.4, 0.5) is 0 Å². The summed E-state index contributed by atoms with van der Waals surface area (Å²) in [5.41, 5.74) is 6.19. The summed E-state index contributed by atoms with van der Waals surface area (Å²) in [4.78, 5) is 4.37. The van der Waals surface area contributed by atoms with E-state index in [0.29, 0.717) is 0 Å². The number of ether oxygens (including phenoxy) is 1. The maximum absolute atomic E-state index is 5.76. The van der Waals surface area contributed by atoms with Gasteiger partial charge in [-0.2, -0.15) is 0 Å². The molecule has 0 amide bonds. The van der Waals surface area contributed by atoms with Crippen LogP contribution in [0.25, 0.3) is 0 Å². The summed E-state index contributed by atoms with van der Waals surface area (Å²) in [5.74, 6) is 6.70. The minimum absolute atomic E-state index is 0.0289. The van der Waals surface area contributed by atoms with E-state index in [-0.39, 0.29) is 6.04 Å². The first-order valence-electron chi connectivity index (χ1n) is 6.55. The normalized spacial score (nSPS) is 14.9. The lowest BCUT2D eigenvalue weighted by atomic mass is 10.0. The van der Waals surface area contributed by atoms with Crippen molar-refractivity contribution in [3.05, 3.63) is 46.0 Å². The minimum Gasteiger partial charge on any atom is -0.493 e. The van der Waals surface area contributed by atoms with Crippen LogP contribution in [0.5, 0.6) is 5.75 Å². The number of aryl methyl sites for hydroxylation is 1. The second kappa shape index (κ2) is 5.55. The van der Waals surface area contributed by atoms with E-state index in [1.54, 1.807) is 6.33 Å². The molecule has 0 fully saturated rings. The predicted molar refractivity (Wildman–Crippen MR) is 80.3 cm³/mol. The van der Waals surface area contributed by atoms with E-state index in [2.05, 4.69) is 38.5 Å². The molecule has 1 aromatic heterocycles. The number of hydrazine groups is 1. The number of fused-ring (bicyclic) bond motifs is 1. The van der Waals surface area contributed by atoms with Gasteiger partial charge in [-0.05, 0) is 29.7 Å². The number of nitrogens with one attached hydrogen (secondary N) is 1. The summed E-state index contributed by atoms with van der Waals surface area (Å²) in [7, 11) is 1.95. The van der Waals surface area contributed by atoms with Crippen molar-refractivity contribution in [3.8, 4) is 5.75 Å². The summed E-state index contributed by atoms with van der Waals surface area (Å²) in [6.07, 6.45) is 5.46. The number of benzene rings is 1. The number of nitrogens with zero attached hydrogens (tertiary/aromatic N) is 2. The summed E-state index contributed by atoms with van der Waals surface area (Å²) >= 11 is 3.56. The monoisotopic (exact) mass is 336 g/mol. The van der Waals surface area contributed by atoms with Crippen LogP contribution in [-0.2, 0) is 19.9 Å². The predicted octanol–water partition coefficient (Wildman–Crippen LogP) is 1.86. The molecule has 1 aromatic carbocycles. The SMILES string of the molecule is Cn1cnc(C(Cc2cc(Br)cc3c2OCC3)NN)c1. The molecule has 0 saturated heterocycles. The lowest BCUT2D eigenvalue weighted by molar-refractivity contribution is 0.351. The molecular weight excluding hydrogens is 320 g/mol. The molecule has 5 nitrogen and oxygen atoms in total. The second-order valence-electron chi connectivity index (χ2n) is 5.04. The first-order valence-corrected chi connectivity index (χ1v) is 7.34. The fraction of sp³-hybridized carbons (Fsp3) is 0.357. The highest BCUT2D eigenvalue weighted by atomic mass is 79.9. The zero-order chi connectivity index (χ0) is 14.1. The maximum Gasteiger partial charge on any atom is 0.125 e. The van der Waals surface area contributed by atoms with Gasteiger partial charge in [-0.3, -0.25) is 11.3 Å². The number of imidazole rings is 1. The lowest BCUT2D eigenvalue weighted by Gasteiger charge is -2.16. The molecule has 1 unspecified atom stereocenters. The van der Waals surface area contributed by atoms with Crippen molar-refractivity contribution in [1.29, 1.82) is 0 Å². The van der Waals surface area contributed by atoms with Gasteiger partial charge in [-0.25, -0.2) is 4.98 Å². The summed E-state index contributed by atoms with van der Waals surface area (Å²) in [6, 6.07) is 4.19. The third-order valence-corrected chi connectivity index (χ3v) is 3.99. The summed E-state index contributed by atoms with van der Waals surface area (Å²) < 4.78 is 8.75. The lowest BCUT2D eigenvalue weighted by Crippen LogP contribution is -2.30. The van der Waals surface area contributed by atoms with Gasteiger partial charge in [0.25, 0.3) is 0 Å². The molecular formula is C14H17BrN4O. The second-order valence-corrected chi connectivity index (χ2v) is 5.95. The van der Waals surface area contributed by atoms with Gasteiger partial charge in [-0.1, -0.05) is 15.9 Å². The largest absolute Gasteiger partial charge is 0.493 e. The molecule has 1 aliphatic heterocycles. The Morgan fingerprint density at radius 3 is 3.10 bits per heavy atom. The third kappa shape index (κ3) is 2.59. The fourth-order valence-corrected chi connectivity index (χ4v) is 3.13. The molecule has 0 radical (unpaired) electrons. The van der Waals surface area contributed by atoms with Gasteiger partial charge < -0.3 is 9.30 Å². The Hall–Kier alpha value is -1.37. The fourth-order valence-electron chi connectivity index (χ4n) is 2.58. The quantitative estimate of drug-likeness (QED) is 0.660. The highest BCUT2D eigenvalue weighted by Gasteiger charge is 2.21. The van der Waals surface area contributed by atoms with Crippen LogP contribution in [-0.4, -0.2) is 16.2 Å². The van der Waals surface area contributed by atoms with E-state index >= 15 is 0 Å². The molecule has 1 aliphatic rings. The van der Waals surface area contributed by atoms with E-state index in [9.17, 15) is 0 Å². The number of hydrogen-bond acceptors (Lipinski definition) is 4. The van der Waals surface area contributed by atoms with Gasteiger partial charge in [0.15, 0.2) is 0 Å². The van der Waals surface area contributed by atoms with Crippen LogP contribution in [0.15, 0.2) is 29.1 Å². The highest BCUT2D eigenvalue weighted by Crippen LogP contribution is 2.35. The molecule has 3 N–H and O–H groups in total. The van der Waals surface area contributed by atoms with Gasteiger partial charge in [0, 0.05) is 24.1 Å². The van der Waals surface area contributed by atoms with Gasteiger partial charge in [-0.15, -0.1) is 0 Å². The molecule has 6 heteroatoms. The Labute approximate surface area is 126 Å². The standard InChI is InChI=1S/C14H17BrN4O/c1-19-7-13(17-8-19)12(18-16)6-10-5-11(15)4-9-2-3-20-14(9)10/h4-5,7-8,12,18H,2-3,6,16H2,1H3. The Bertz CT molecular complexity index is 626. The van der Waals surface area contributed by atoms with E-state index in [1.165, 1.54) is 5.56 Å². The Kier molecular flexibility index (Phi) is 3.78. The molecule has 106 valence electrons. The minimum atomic E-state index is -0.0289. The first-order chi connectivity index (χ1) is 9.67. The molecule has 0 saturated carbocycles. The van der Waals surface area contributed by atoms with E-state index in [0.717, 1.165) is 40.9 Å². The third-order valence-electron chi connectivity index (χ3n) is 3.53. The molecule has 2 aromatic rings. The molecule has 2 heterocycles. The van der Waals surface area contributed by atoms with E-state index in [1.807, 2.05) is 17.8 Å². The van der Waals surface area contributed by atoms with Crippen LogP contribution in [0.3, 0.4) is 0 Å². The Balaban J connectivity index is 1.90. The van der Waals surface area contributed by atoms with Crippen LogP contribution in [0, 0.1) is 0 Å². The summed E-state index contributed by atoms with van der Waals surface area (Å²) in [5, 5.41) is 0. The van der Waals surface area contributed by atoms with E-state index < -0.39 is 0 Å². The summed E-state index contributed by atoms with van der Waals surface area (Å²) in [6.45, 7) is 0.753. The van der Waals surface area contributed by atoms with Crippen LogP contribution >= 0.6 is 15.9 Å². The van der Waals surface area contributed by atoms with Crippen molar-refractivity contribution in [1.82, 2.24) is 15.0 Å². The zero-order valence-electron chi connectivity index (χ0n) is 11.3. The van der Waals surface area contributed by atoms with Crippen molar-refractivity contribution in [2.75, 3.05) is 6.61 Å². The van der Waals surface area contributed by atoms with Crippen molar-refractivity contribution < 1.29 is 4.74 Å². The van der Waals surface area contributed by atoms with Crippen molar-refractivity contribution in [2.45, 2.75) is 18.9 Å². The number of aromatic nitrogens is 2. The number of halogens is 1. The van der Waals surface area contributed by atoms with Crippen LogP contribution < -0.4 is 16.0 Å². The van der Waals surface area contributed by atoms with Gasteiger partial charge in [0.2, 0.25) is 0 Å². The highest BCUT2D eigenvalue weighted by molar-refractivity contribution is 9.10. The number of hydrogen-bond donors (Lipinski definition) is 2. The molecule has 1 atom stereocenters. The average molecular weight is 337 g/mol. The zero-order valence-corrected chi connectivity index (χ0v) is 12.9. The molecule has 0 spiro atoms. The van der Waals surface area contributed by atoms with Gasteiger partial charge in [0.1, 0.15) is 5.75 Å². The van der Waals surface area contributed by atoms with E-state index in [4.69, 9.17) is 10.6 Å². The topological polar surface area (TPSA) is 65.1 Å². The molecule has 20 heavy (non-hydrogen) atoms. The smallest absolute Gasteiger partial charge is 0.125 e. The van der Waals surface area contributed by atoms with Crippen molar-refractivity contribution in [3.63, 3.8) is 0 Å². The molecule has 0 aliphatic carbocycles. The first kappa shape index (κ1) is 13.6. The van der Waals surface area contributed by atoms with Crippen molar-refractivity contribution >= 4 is 15.9 Å². The maximum atomic E-state index is 5.76. The Morgan fingerprint density at radius 1 is 1.55 bits per heavy atom. The van der Waals surface area contributed by atoms with Crippen LogP contribution in [0.1, 0.15) is 22.9 Å². The average Bonchev–Trinajstić information content (AvgIpc) is 3.04. The van der Waals surface area contributed by atoms with Crippen LogP contribution in [0.2, 0.25) is 0 Å². The number of rotatable bonds is 4.